The summed E-state index contributed by atoms with van der Waals surface area (Å²) in [5, 5.41) is 6.93. The Hall–Kier alpha value is -2.23. The molecule has 0 aliphatic carbocycles. The molecule has 3 rings (SSSR count). The molecule has 2 N–H and O–H groups in total. The Morgan fingerprint density at radius 3 is 2.61 bits per heavy atom. The van der Waals surface area contributed by atoms with Crippen LogP contribution < -0.4 is 25.0 Å². The Bertz CT molecular complexity index is 825. The number of halogens is 1. The van der Waals surface area contributed by atoms with Gasteiger partial charge in [0.05, 0.1) is 13.7 Å². The second kappa shape index (κ2) is 13.2. The summed E-state index contributed by atoms with van der Waals surface area (Å²) in [5.74, 6) is 3.56. The van der Waals surface area contributed by atoms with Crippen molar-refractivity contribution < 1.29 is 9.47 Å². The van der Waals surface area contributed by atoms with Crippen molar-refractivity contribution >= 4 is 35.8 Å². The van der Waals surface area contributed by atoms with Crippen molar-refractivity contribution in [1.29, 1.82) is 0 Å². The van der Waals surface area contributed by atoms with Crippen LogP contribution in [0.1, 0.15) is 25.0 Å². The highest BCUT2D eigenvalue weighted by Crippen LogP contribution is 2.19. The van der Waals surface area contributed by atoms with Gasteiger partial charge in [-0.15, -0.1) is 24.0 Å². The number of anilines is 1. The normalized spacial score (nSPS) is 14.5. The summed E-state index contributed by atoms with van der Waals surface area (Å²) in [5.41, 5.74) is 1.06. The van der Waals surface area contributed by atoms with Gasteiger partial charge in [0.15, 0.2) is 5.96 Å². The molecule has 31 heavy (non-hydrogen) atoms. The third kappa shape index (κ3) is 8.08. The molecule has 0 amide bonds. The highest BCUT2D eigenvalue weighted by molar-refractivity contribution is 14.0. The van der Waals surface area contributed by atoms with E-state index >= 15 is 0 Å². The third-order valence-corrected chi connectivity index (χ3v) is 5.18. The van der Waals surface area contributed by atoms with Crippen LogP contribution in [0.5, 0.6) is 11.5 Å². The number of methoxy groups -OCH3 is 1. The molecule has 1 aliphatic heterocycles. The lowest BCUT2D eigenvalue weighted by Gasteiger charge is -2.34. The summed E-state index contributed by atoms with van der Waals surface area (Å²) < 4.78 is 11.0. The number of rotatable bonds is 8. The average molecular weight is 539 g/mol. The molecule has 170 valence electrons. The van der Waals surface area contributed by atoms with Crippen molar-refractivity contribution in [1.82, 2.24) is 15.6 Å². The van der Waals surface area contributed by atoms with Gasteiger partial charge in [0.2, 0.25) is 0 Å². The van der Waals surface area contributed by atoms with E-state index in [4.69, 9.17) is 9.47 Å². The Morgan fingerprint density at radius 2 is 1.90 bits per heavy atom. The second-order valence-corrected chi connectivity index (χ2v) is 7.42. The summed E-state index contributed by atoms with van der Waals surface area (Å²) in [6.45, 7) is 5.48. The zero-order valence-corrected chi connectivity index (χ0v) is 21.0. The maximum atomic E-state index is 5.78. The van der Waals surface area contributed by atoms with Crippen LogP contribution in [0.3, 0.4) is 0 Å². The van der Waals surface area contributed by atoms with Crippen molar-refractivity contribution in [2.75, 3.05) is 45.3 Å². The number of benzene rings is 1. The van der Waals surface area contributed by atoms with E-state index in [1.165, 1.54) is 0 Å². The first-order chi connectivity index (χ1) is 14.7. The molecule has 7 nitrogen and oxygen atoms in total. The van der Waals surface area contributed by atoms with Gasteiger partial charge >= 0.3 is 0 Å². The minimum Gasteiger partial charge on any atom is -0.497 e. The van der Waals surface area contributed by atoms with E-state index in [9.17, 15) is 0 Å². The first-order valence-electron chi connectivity index (χ1n) is 10.6. The van der Waals surface area contributed by atoms with Gasteiger partial charge in [0, 0.05) is 44.5 Å². The fraction of sp³-hybridized carbons (Fsp3) is 0.478. The lowest BCUT2D eigenvalue weighted by atomic mass is 10.1. The molecule has 2 heterocycles. The van der Waals surface area contributed by atoms with Crippen LogP contribution in [0, 0.1) is 6.92 Å². The van der Waals surface area contributed by atoms with Crippen molar-refractivity contribution in [3.63, 3.8) is 0 Å². The number of aliphatic imine (C=N–C) groups is 1. The van der Waals surface area contributed by atoms with Gasteiger partial charge in [0.1, 0.15) is 17.3 Å². The SMILES string of the molecule is CN=C(NCCCOc1cccc(OC)c1)NC1CCN(c2cccc(C)n2)CC1.I. The van der Waals surface area contributed by atoms with Gasteiger partial charge < -0.3 is 25.0 Å². The Balaban J connectivity index is 0.00000341. The number of aryl methyl sites for hydroxylation is 1. The number of hydrogen-bond acceptors (Lipinski definition) is 5. The molecule has 8 heteroatoms. The molecule has 1 aromatic carbocycles. The van der Waals surface area contributed by atoms with E-state index in [-0.39, 0.29) is 24.0 Å². The highest BCUT2D eigenvalue weighted by atomic mass is 127. The number of piperidine rings is 1. The smallest absolute Gasteiger partial charge is 0.191 e. The van der Waals surface area contributed by atoms with Gasteiger partial charge in [-0.05, 0) is 50.5 Å². The average Bonchev–Trinajstić information content (AvgIpc) is 2.78. The first kappa shape index (κ1) is 25.0. The Labute approximate surface area is 202 Å². The molecule has 1 aliphatic rings. The summed E-state index contributed by atoms with van der Waals surface area (Å²) in [7, 11) is 3.47. The zero-order chi connectivity index (χ0) is 21.2. The van der Waals surface area contributed by atoms with Crippen molar-refractivity contribution in [3.8, 4) is 11.5 Å². The lowest BCUT2D eigenvalue weighted by molar-refractivity contribution is 0.308. The topological polar surface area (TPSA) is 71.0 Å². The van der Waals surface area contributed by atoms with Crippen molar-refractivity contribution in [2.45, 2.75) is 32.2 Å². The molecule has 0 radical (unpaired) electrons. The summed E-state index contributed by atoms with van der Waals surface area (Å²) in [6, 6.07) is 14.3. The molecule has 0 atom stereocenters. The third-order valence-electron chi connectivity index (χ3n) is 5.18. The molecular weight excluding hydrogens is 505 g/mol. The van der Waals surface area contributed by atoms with Crippen LogP contribution in [0.2, 0.25) is 0 Å². The van der Waals surface area contributed by atoms with Gasteiger partial charge in [-0.25, -0.2) is 4.98 Å². The van der Waals surface area contributed by atoms with E-state index < -0.39 is 0 Å². The number of guanidine groups is 1. The van der Waals surface area contributed by atoms with E-state index in [0.29, 0.717) is 12.6 Å². The number of pyridine rings is 1. The van der Waals surface area contributed by atoms with Crippen LogP contribution in [-0.4, -0.2) is 57.4 Å². The van der Waals surface area contributed by atoms with E-state index in [1.807, 2.05) is 44.3 Å². The Kier molecular flexibility index (Phi) is 10.7. The van der Waals surface area contributed by atoms with Gasteiger partial charge in [0.25, 0.3) is 0 Å². The summed E-state index contributed by atoms with van der Waals surface area (Å²) in [4.78, 5) is 11.4. The van der Waals surface area contributed by atoms with E-state index in [2.05, 4.69) is 37.6 Å². The lowest BCUT2D eigenvalue weighted by Crippen LogP contribution is -2.49. The summed E-state index contributed by atoms with van der Waals surface area (Å²) in [6.07, 6.45) is 3.01. The summed E-state index contributed by atoms with van der Waals surface area (Å²) >= 11 is 0. The predicted octanol–water partition coefficient (Wildman–Crippen LogP) is 3.62. The van der Waals surface area contributed by atoms with Crippen molar-refractivity contribution in [3.05, 3.63) is 48.2 Å². The van der Waals surface area contributed by atoms with Gasteiger partial charge in [-0.1, -0.05) is 12.1 Å². The maximum Gasteiger partial charge on any atom is 0.191 e. The molecule has 0 saturated carbocycles. The number of nitrogens with zero attached hydrogens (tertiary/aromatic N) is 3. The quantitative estimate of drug-likeness (QED) is 0.231. The molecule has 2 aromatic rings. The number of aromatic nitrogens is 1. The van der Waals surface area contributed by atoms with Crippen LogP contribution in [0.4, 0.5) is 5.82 Å². The molecule has 0 unspecified atom stereocenters. The number of hydrogen-bond donors (Lipinski definition) is 2. The zero-order valence-electron chi connectivity index (χ0n) is 18.6. The van der Waals surface area contributed by atoms with Crippen LogP contribution in [0.25, 0.3) is 0 Å². The molecule has 1 saturated heterocycles. The van der Waals surface area contributed by atoms with E-state index in [1.54, 1.807) is 7.11 Å². The Morgan fingerprint density at radius 1 is 1.16 bits per heavy atom. The molecule has 1 fully saturated rings. The van der Waals surface area contributed by atoms with Gasteiger partial charge in [-0.3, -0.25) is 4.99 Å². The first-order valence-corrected chi connectivity index (χ1v) is 10.6. The minimum absolute atomic E-state index is 0. The fourth-order valence-corrected chi connectivity index (χ4v) is 3.51. The van der Waals surface area contributed by atoms with Crippen molar-refractivity contribution in [2.24, 2.45) is 4.99 Å². The number of ether oxygens (including phenoxy) is 2. The molecule has 0 spiro atoms. The van der Waals surface area contributed by atoms with Crippen LogP contribution in [-0.2, 0) is 0 Å². The molecule has 0 bridgehead atoms. The molecular formula is C23H34IN5O2. The second-order valence-electron chi connectivity index (χ2n) is 7.42. The van der Waals surface area contributed by atoms with Crippen LogP contribution >= 0.6 is 24.0 Å². The highest BCUT2D eigenvalue weighted by Gasteiger charge is 2.20. The monoisotopic (exact) mass is 539 g/mol. The molecule has 1 aromatic heterocycles. The minimum atomic E-state index is 0. The predicted molar refractivity (Wildman–Crippen MR) is 137 cm³/mol. The fourth-order valence-electron chi connectivity index (χ4n) is 3.51. The largest absolute Gasteiger partial charge is 0.497 e. The maximum absolute atomic E-state index is 5.78. The number of nitrogens with one attached hydrogen (secondary N) is 2. The van der Waals surface area contributed by atoms with E-state index in [0.717, 1.165) is 67.9 Å². The van der Waals surface area contributed by atoms with Crippen LogP contribution in [0.15, 0.2) is 47.5 Å². The standard InChI is InChI=1S/C23H33N5O2.HI/c1-18-7-4-10-22(26-18)28-14-11-19(12-15-28)27-23(24-2)25-13-6-16-30-21-9-5-8-20(17-21)29-3;/h4-5,7-10,17,19H,6,11-16H2,1-3H3,(H2,24,25,27);1H. The van der Waals surface area contributed by atoms with Gasteiger partial charge in [-0.2, -0.15) is 0 Å².